The number of carbonyl (C=O) groups is 2. The SMILES string of the molecule is Cc1cccc(-n2ncc(C(=O)NNC(=O)c3cc4c(s3)CCC4)c2C)c1. The van der Waals surface area contributed by atoms with Crippen LogP contribution in [0.1, 0.15) is 48.1 Å². The Hall–Kier alpha value is -2.93. The van der Waals surface area contributed by atoms with Crippen LogP contribution >= 0.6 is 11.3 Å². The molecule has 2 N–H and O–H groups in total. The van der Waals surface area contributed by atoms with Gasteiger partial charge in [-0.05, 0) is 62.4 Å². The Morgan fingerprint density at radius 1 is 1.11 bits per heavy atom. The van der Waals surface area contributed by atoms with Crippen LogP contribution < -0.4 is 10.9 Å². The maximum absolute atomic E-state index is 12.5. The maximum atomic E-state index is 12.5. The number of hydrogen-bond acceptors (Lipinski definition) is 4. The smallest absolute Gasteiger partial charge is 0.267 e. The predicted molar refractivity (Wildman–Crippen MR) is 104 cm³/mol. The summed E-state index contributed by atoms with van der Waals surface area (Å²) in [6, 6.07) is 9.82. The minimum absolute atomic E-state index is 0.286. The number of amides is 2. The molecule has 0 bridgehead atoms. The van der Waals surface area contributed by atoms with Crippen molar-refractivity contribution in [3.63, 3.8) is 0 Å². The van der Waals surface area contributed by atoms with E-state index in [0.717, 1.165) is 30.5 Å². The van der Waals surface area contributed by atoms with Gasteiger partial charge in [0.05, 0.1) is 28.0 Å². The zero-order chi connectivity index (χ0) is 19.0. The fraction of sp³-hybridized carbons (Fsp3) is 0.250. The van der Waals surface area contributed by atoms with Crippen LogP contribution in [-0.2, 0) is 12.8 Å². The minimum Gasteiger partial charge on any atom is -0.267 e. The highest BCUT2D eigenvalue weighted by Crippen LogP contribution is 2.30. The molecule has 0 saturated heterocycles. The van der Waals surface area contributed by atoms with E-state index in [1.807, 2.05) is 44.2 Å². The first kappa shape index (κ1) is 17.5. The number of nitrogens with zero attached hydrogens (tertiary/aromatic N) is 2. The lowest BCUT2D eigenvalue weighted by Gasteiger charge is -2.08. The molecule has 4 rings (SSSR count). The van der Waals surface area contributed by atoms with Crippen LogP contribution in [0.4, 0.5) is 0 Å². The van der Waals surface area contributed by atoms with Gasteiger partial charge in [0, 0.05) is 4.88 Å². The zero-order valence-corrected chi connectivity index (χ0v) is 16.0. The lowest BCUT2D eigenvalue weighted by molar-refractivity contribution is 0.0848. The minimum atomic E-state index is -0.385. The third kappa shape index (κ3) is 3.38. The molecular formula is C20H20N4O2S. The molecule has 1 aromatic carbocycles. The molecule has 1 aliphatic rings. The number of carbonyl (C=O) groups excluding carboxylic acids is 2. The molecule has 2 heterocycles. The topological polar surface area (TPSA) is 76.0 Å². The van der Waals surface area contributed by atoms with Gasteiger partial charge in [0.1, 0.15) is 0 Å². The van der Waals surface area contributed by atoms with Crippen molar-refractivity contribution >= 4 is 23.2 Å². The monoisotopic (exact) mass is 380 g/mol. The normalized spacial score (nSPS) is 12.7. The molecule has 6 nitrogen and oxygen atoms in total. The number of hydrazine groups is 1. The van der Waals surface area contributed by atoms with Gasteiger partial charge in [-0.15, -0.1) is 11.3 Å². The lowest BCUT2D eigenvalue weighted by Crippen LogP contribution is -2.41. The van der Waals surface area contributed by atoms with Crippen LogP contribution in [0.25, 0.3) is 5.69 Å². The molecule has 0 radical (unpaired) electrons. The van der Waals surface area contributed by atoms with E-state index in [4.69, 9.17) is 0 Å². The van der Waals surface area contributed by atoms with Crippen molar-refractivity contribution in [3.05, 3.63) is 68.7 Å². The molecule has 2 aromatic heterocycles. The number of aromatic nitrogens is 2. The highest BCUT2D eigenvalue weighted by Gasteiger charge is 2.20. The Kier molecular flexibility index (Phi) is 4.53. The highest BCUT2D eigenvalue weighted by molar-refractivity contribution is 7.14. The molecule has 27 heavy (non-hydrogen) atoms. The second-order valence-electron chi connectivity index (χ2n) is 6.72. The van der Waals surface area contributed by atoms with Crippen LogP contribution in [0.3, 0.4) is 0 Å². The van der Waals surface area contributed by atoms with Crippen molar-refractivity contribution in [3.8, 4) is 5.69 Å². The van der Waals surface area contributed by atoms with Gasteiger partial charge in [0.15, 0.2) is 0 Å². The number of thiophene rings is 1. The van der Waals surface area contributed by atoms with E-state index >= 15 is 0 Å². The Labute approximate surface area is 161 Å². The van der Waals surface area contributed by atoms with Gasteiger partial charge in [0.2, 0.25) is 0 Å². The molecule has 0 fully saturated rings. The number of rotatable bonds is 3. The van der Waals surface area contributed by atoms with Gasteiger partial charge in [-0.3, -0.25) is 20.4 Å². The highest BCUT2D eigenvalue weighted by atomic mass is 32.1. The van der Waals surface area contributed by atoms with E-state index in [2.05, 4.69) is 16.0 Å². The Bertz CT molecular complexity index is 1010. The fourth-order valence-electron chi connectivity index (χ4n) is 3.34. The molecule has 138 valence electrons. The fourth-order valence-corrected chi connectivity index (χ4v) is 4.48. The van der Waals surface area contributed by atoms with Crippen LogP contribution in [0, 0.1) is 13.8 Å². The second-order valence-corrected chi connectivity index (χ2v) is 7.85. The standard InChI is InChI=1S/C20H20N4O2S/c1-12-5-3-7-15(9-12)24-13(2)16(11-21-24)19(25)22-23-20(26)18-10-14-6-4-8-17(14)27-18/h3,5,7,9-11H,4,6,8H2,1-2H3,(H,22,25)(H,23,26). The molecule has 0 unspecified atom stereocenters. The van der Waals surface area contributed by atoms with E-state index < -0.39 is 0 Å². The van der Waals surface area contributed by atoms with E-state index in [9.17, 15) is 9.59 Å². The van der Waals surface area contributed by atoms with Gasteiger partial charge >= 0.3 is 0 Å². The van der Waals surface area contributed by atoms with Crippen molar-refractivity contribution in [2.45, 2.75) is 33.1 Å². The summed E-state index contributed by atoms with van der Waals surface area (Å²) in [5.41, 5.74) is 9.40. The quantitative estimate of drug-likeness (QED) is 0.686. The molecular weight excluding hydrogens is 360 g/mol. The van der Waals surface area contributed by atoms with Gasteiger partial charge in [0.25, 0.3) is 11.8 Å². The molecule has 3 aromatic rings. The van der Waals surface area contributed by atoms with Crippen molar-refractivity contribution in [2.24, 2.45) is 0 Å². The summed E-state index contributed by atoms with van der Waals surface area (Å²) in [7, 11) is 0. The zero-order valence-electron chi connectivity index (χ0n) is 15.2. The molecule has 0 saturated carbocycles. The van der Waals surface area contributed by atoms with Crippen molar-refractivity contribution in [1.82, 2.24) is 20.6 Å². The Morgan fingerprint density at radius 3 is 2.70 bits per heavy atom. The average molecular weight is 380 g/mol. The van der Waals surface area contributed by atoms with Crippen molar-refractivity contribution in [2.75, 3.05) is 0 Å². The summed E-state index contributed by atoms with van der Waals surface area (Å²) in [6.07, 6.45) is 4.74. The first-order chi connectivity index (χ1) is 13.0. The van der Waals surface area contributed by atoms with Crippen LogP contribution in [0.5, 0.6) is 0 Å². The van der Waals surface area contributed by atoms with Gasteiger partial charge in [-0.1, -0.05) is 12.1 Å². The van der Waals surface area contributed by atoms with E-state index in [-0.39, 0.29) is 11.8 Å². The van der Waals surface area contributed by atoms with Crippen molar-refractivity contribution in [1.29, 1.82) is 0 Å². The lowest BCUT2D eigenvalue weighted by atomic mass is 10.2. The molecule has 0 spiro atoms. The number of nitrogens with one attached hydrogen (secondary N) is 2. The second kappa shape index (κ2) is 7.00. The Morgan fingerprint density at radius 2 is 1.93 bits per heavy atom. The number of benzene rings is 1. The largest absolute Gasteiger partial charge is 0.279 e. The number of aryl methyl sites for hydroxylation is 3. The third-order valence-corrected chi connectivity index (χ3v) is 6.00. The van der Waals surface area contributed by atoms with Gasteiger partial charge < -0.3 is 0 Å². The number of hydrogen-bond donors (Lipinski definition) is 2. The van der Waals surface area contributed by atoms with Crippen LogP contribution in [0.2, 0.25) is 0 Å². The predicted octanol–water partition coefficient (Wildman–Crippen LogP) is 3.11. The molecule has 1 aliphatic carbocycles. The van der Waals surface area contributed by atoms with E-state index in [1.54, 1.807) is 4.68 Å². The van der Waals surface area contributed by atoms with Crippen molar-refractivity contribution < 1.29 is 9.59 Å². The van der Waals surface area contributed by atoms with Gasteiger partial charge in [-0.2, -0.15) is 5.10 Å². The average Bonchev–Trinajstić information content (AvgIpc) is 3.33. The Balaban J connectivity index is 1.44. The summed E-state index contributed by atoms with van der Waals surface area (Å²) >= 11 is 1.50. The molecule has 7 heteroatoms. The summed E-state index contributed by atoms with van der Waals surface area (Å²) in [5.74, 6) is -0.671. The van der Waals surface area contributed by atoms with E-state index in [1.165, 1.54) is 28.0 Å². The van der Waals surface area contributed by atoms with Crippen LogP contribution in [-0.4, -0.2) is 21.6 Å². The summed E-state index contributed by atoms with van der Waals surface area (Å²) < 4.78 is 1.72. The molecule has 0 aliphatic heterocycles. The van der Waals surface area contributed by atoms with E-state index in [0.29, 0.717) is 16.1 Å². The first-order valence-electron chi connectivity index (χ1n) is 8.87. The summed E-state index contributed by atoms with van der Waals surface area (Å²) in [4.78, 5) is 26.7. The molecule has 2 amide bonds. The first-order valence-corrected chi connectivity index (χ1v) is 9.68. The van der Waals surface area contributed by atoms with Gasteiger partial charge in [-0.25, -0.2) is 4.68 Å². The summed E-state index contributed by atoms with van der Waals surface area (Å²) in [5, 5.41) is 4.31. The molecule has 0 atom stereocenters. The van der Waals surface area contributed by atoms with Crippen LogP contribution in [0.15, 0.2) is 36.5 Å². The summed E-state index contributed by atoms with van der Waals surface area (Å²) in [6.45, 7) is 3.84. The maximum Gasteiger partial charge on any atom is 0.279 e. The number of fused-ring (bicyclic) bond motifs is 1. The third-order valence-electron chi connectivity index (χ3n) is 4.76.